The number of hydrogen-bond acceptors (Lipinski definition) is 8. The molecule has 0 radical (unpaired) electrons. The van der Waals surface area contributed by atoms with Crippen molar-refractivity contribution in [1.29, 1.82) is 0 Å². The number of sulfonamides is 1. The average molecular weight is 728 g/mol. The zero-order chi connectivity index (χ0) is 35.4. The molecule has 1 amide bonds. The van der Waals surface area contributed by atoms with Gasteiger partial charge in [0.25, 0.3) is 5.91 Å². The van der Waals surface area contributed by atoms with Gasteiger partial charge in [-0.3, -0.25) is 4.79 Å². The molecule has 1 spiro atoms. The van der Waals surface area contributed by atoms with Gasteiger partial charge in [-0.25, -0.2) is 13.1 Å². The lowest BCUT2D eigenvalue weighted by Crippen LogP contribution is -2.52. The van der Waals surface area contributed by atoms with E-state index in [1.807, 2.05) is 25.1 Å². The number of carbonyl (C=O) groups excluding carboxylic acids is 1. The van der Waals surface area contributed by atoms with Crippen molar-refractivity contribution < 1.29 is 27.4 Å². The molecule has 50 heavy (non-hydrogen) atoms. The van der Waals surface area contributed by atoms with Crippen molar-refractivity contribution in [3.05, 3.63) is 58.1 Å². The van der Waals surface area contributed by atoms with Gasteiger partial charge in [0.15, 0.2) is 6.29 Å². The predicted octanol–water partition coefficient (Wildman–Crippen LogP) is 6.27. The highest BCUT2D eigenvalue weighted by molar-refractivity contribution is 7.90. The molecule has 9 nitrogen and oxygen atoms in total. The van der Waals surface area contributed by atoms with Crippen LogP contribution in [0.2, 0.25) is 5.02 Å². The van der Waals surface area contributed by atoms with E-state index in [0.29, 0.717) is 37.2 Å². The molecule has 1 saturated heterocycles. The predicted molar refractivity (Wildman–Crippen MR) is 196 cm³/mol. The number of fused-ring (bicyclic) bond motifs is 4. The second-order valence-corrected chi connectivity index (χ2v) is 18.7. The summed E-state index contributed by atoms with van der Waals surface area (Å²) in [5.74, 6) is 1.10. The number of nitrogens with one attached hydrogen (secondary N) is 1. The minimum atomic E-state index is -3.94. The molecule has 0 aromatic heterocycles. The quantitative estimate of drug-likeness (QED) is 0.387. The van der Waals surface area contributed by atoms with E-state index >= 15 is 0 Å². The molecule has 0 unspecified atom stereocenters. The van der Waals surface area contributed by atoms with E-state index in [0.717, 1.165) is 74.5 Å². The Morgan fingerprint density at radius 2 is 1.74 bits per heavy atom. The number of halogens is 1. The number of carbonyl (C=O) groups is 1. The SMILES string of the molecule is C[C@@H]1[C@H](C)CC[C@@H](C2OCC(N(C)C)CO2)[C@@H]2CC[C@H]2CN2C[C@@]3(CCCc4cc(Cl)ccc43)COc3ccc(cc32)C(=O)NS(=O)(=O)[C@@H]1C. The largest absolute Gasteiger partial charge is 0.490 e. The molecular weight excluding hydrogens is 674 g/mol. The third-order valence-corrected chi connectivity index (χ3v) is 15.2. The first-order valence-corrected chi connectivity index (χ1v) is 20.5. The highest BCUT2D eigenvalue weighted by Gasteiger charge is 2.47. The first-order chi connectivity index (χ1) is 23.8. The van der Waals surface area contributed by atoms with Crippen molar-refractivity contribution in [3.63, 3.8) is 0 Å². The second-order valence-electron chi connectivity index (χ2n) is 16.2. The standard InChI is InChI=1S/C39H54ClN3O6S/c1-24-8-12-33(38-47-20-31(21-48-38)42(4)5)32-13-9-29(32)19-43-22-39(16-6-7-27-17-30(40)11-14-34(27)39)23-49-36-15-10-28(18-35(36)43)37(44)41-50(45,46)26(3)25(24)2/h10-11,14-15,17-18,24-26,29,31-33,38H,6-9,12-13,16,19-23H2,1-5H3,(H,41,44)/t24-,25-,26-,29+,31?,32-,33-,38?,39+/m1/s1. The molecule has 5 aliphatic rings. The van der Waals surface area contributed by atoms with Crippen LogP contribution in [0.25, 0.3) is 0 Å². The zero-order valence-corrected chi connectivity index (χ0v) is 31.8. The fourth-order valence-electron chi connectivity index (χ4n) is 9.27. The van der Waals surface area contributed by atoms with Crippen LogP contribution in [0.15, 0.2) is 36.4 Å². The topological polar surface area (TPSA) is 97.4 Å². The van der Waals surface area contributed by atoms with Gasteiger partial charge in [0.1, 0.15) is 5.75 Å². The van der Waals surface area contributed by atoms with Crippen molar-refractivity contribution in [1.82, 2.24) is 9.62 Å². The van der Waals surface area contributed by atoms with Gasteiger partial charge in [-0.05, 0) is 131 Å². The highest BCUT2D eigenvalue weighted by Crippen LogP contribution is 2.49. The number of rotatable bonds is 2. The van der Waals surface area contributed by atoms with Gasteiger partial charge < -0.3 is 24.0 Å². The number of nitrogens with zero attached hydrogens (tertiary/aromatic N) is 2. The fraction of sp³-hybridized carbons (Fsp3) is 0.667. The summed E-state index contributed by atoms with van der Waals surface area (Å²) in [6.07, 6.45) is 6.70. The summed E-state index contributed by atoms with van der Waals surface area (Å²) >= 11 is 6.48. The van der Waals surface area contributed by atoms with Crippen molar-refractivity contribution in [2.45, 2.75) is 88.7 Å². The van der Waals surface area contributed by atoms with E-state index in [4.69, 9.17) is 25.8 Å². The van der Waals surface area contributed by atoms with Gasteiger partial charge in [0, 0.05) is 35.0 Å². The molecule has 2 aliphatic carbocycles. The molecule has 7 rings (SSSR count). The lowest BCUT2D eigenvalue weighted by atomic mass is 9.64. The second kappa shape index (κ2) is 14.2. The van der Waals surface area contributed by atoms with E-state index in [2.05, 4.69) is 47.7 Å². The minimum absolute atomic E-state index is 0.122. The molecule has 2 bridgehead atoms. The van der Waals surface area contributed by atoms with Crippen LogP contribution in [0, 0.1) is 29.6 Å². The zero-order valence-electron chi connectivity index (χ0n) is 30.2. The maximum atomic E-state index is 13.6. The summed E-state index contributed by atoms with van der Waals surface area (Å²) in [7, 11) is 0.189. The Hall–Kier alpha value is -2.37. The maximum absolute atomic E-state index is 13.6. The molecule has 2 aromatic carbocycles. The Morgan fingerprint density at radius 1 is 0.980 bits per heavy atom. The number of amides is 1. The fourth-order valence-corrected chi connectivity index (χ4v) is 10.9. The average Bonchev–Trinajstić information content (AvgIpc) is 3.23. The molecule has 2 aromatic rings. The van der Waals surface area contributed by atoms with Gasteiger partial charge in [-0.1, -0.05) is 31.5 Å². The van der Waals surface area contributed by atoms with Crippen LogP contribution in [0.4, 0.5) is 5.69 Å². The van der Waals surface area contributed by atoms with Crippen molar-refractivity contribution in [3.8, 4) is 5.75 Å². The molecule has 3 aliphatic heterocycles. The van der Waals surface area contributed by atoms with Gasteiger partial charge in [0.2, 0.25) is 10.0 Å². The Morgan fingerprint density at radius 3 is 2.46 bits per heavy atom. The molecule has 3 heterocycles. The van der Waals surface area contributed by atoms with E-state index < -0.39 is 21.2 Å². The number of ether oxygens (including phenoxy) is 3. The third kappa shape index (κ3) is 6.92. The minimum Gasteiger partial charge on any atom is -0.490 e. The number of hydrogen-bond donors (Lipinski definition) is 1. The normalized spacial score (nSPS) is 36.0. The van der Waals surface area contributed by atoms with Crippen LogP contribution in [-0.4, -0.2) is 83.8 Å². The van der Waals surface area contributed by atoms with E-state index in [9.17, 15) is 13.2 Å². The highest BCUT2D eigenvalue weighted by atomic mass is 35.5. The smallest absolute Gasteiger partial charge is 0.264 e. The third-order valence-electron chi connectivity index (χ3n) is 13.1. The number of aryl methyl sites for hydroxylation is 1. The van der Waals surface area contributed by atoms with Gasteiger partial charge in [0.05, 0.1) is 36.8 Å². The number of anilines is 1. The molecule has 1 saturated carbocycles. The van der Waals surface area contributed by atoms with Gasteiger partial charge >= 0.3 is 0 Å². The summed E-state index contributed by atoms with van der Waals surface area (Å²) in [4.78, 5) is 18.2. The summed E-state index contributed by atoms with van der Waals surface area (Å²) in [6, 6.07) is 11.9. The first kappa shape index (κ1) is 36.0. The molecule has 11 heteroatoms. The van der Waals surface area contributed by atoms with Gasteiger partial charge in [-0.2, -0.15) is 0 Å². The van der Waals surface area contributed by atoms with Crippen molar-refractivity contribution in [2.24, 2.45) is 29.6 Å². The lowest BCUT2D eigenvalue weighted by Gasteiger charge is -2.49. The van der Waals surface area contributed by atoms with Crippen LogP contribution in [0.1, 0.15) is 80.8 Å². The number of likely N-dealkylation sites (N-methyl/N-ethyl adjacent to an activating group) is 1. The summed E-state index contributed by atoms with van der Waals surface area (Å²) in [5, 5.41) is 0.00682. The molecule has 274 valence electrons. The van der Waals surface area contributed by atoms with Crippen LogP contribution in [-0.2, 0) is 31.3 Å². The van der Waals surface area contributed by atoms with Crippen LogP contribution < -0.4 is 14.4 Å². The molecule has 7 atom stereocenters. The number of benzene rings is 2. The lowest BCUT2D eigenvalue weighted by molar-refractivity contribution is -0.241. The van der Waals surface area contributed by atoms with Crippen molar-refractivity contribution >= 4 is 33.2 Å². The van der Waals surface area contributed by atoms with Crippen LogP contribution in [0.5, 0.6) is 5.75 Å². The molecular formula is C39H54ClN3O6S. The van der Waals surface area contributed by atoms with Crippen LogP contribution >= 0.6 is 11.6 Å². The Bertz CT molecular complexity index is 1680. The molecule has 1 N–H and O–H groups in total. The Kier molecular flexibility index (Phi) is 10.2. The van der Waals surface area contributed by atoms with E-state index in [-0.39, 0.29) is 35.5 Å². The van der Waals surface area contributed by atoms with Crippen LogP contribution in [0.3, 0.4) is 0 Å². The summed E-state index contributed by atoms with van der Waals surface area (Å²) in [5.41, 5.74) is 3.48. The maximum Gasteiger partial charge on any atom is 0.264 e. The van der Waals surface area contributed by atoms with E-state index in [1.54, 1.807) is 13.0 Å². The monoisotopic (exact) mass is 727 g/mol. The molecule has 2 fully saturated rings. The van der Waals surface area contributed by atoms with E-state index in [1.165, 1.54) is 11.1 Å². The summed E-state index contributed by atoms with van der Waals surface area (Å²) in [6.45, 7) is 9.18. The Labute approximate surface area is 303 Å². The Balaban J connectivity index is 1.28. The van der Waals surface area contributed by atoms with Gasteiger partial charge in [-0.15, -0.1) is 0 Å². The first-order valence-electron chi connectivity index (χ1n) is 18.6. The van der Waals surface area contributed by atoms with Crippen molar-refractivity contribution in [2.75, 3.05) is 51.9 Å². The summed E-state index contributed by atoms with van der Waals surface area (Å²) < 4.78 is 49.4.